The first-order valence-electron chi connectivity index (χ1n) is 6.94. The molecular weight excluding hydrogens is 285 g/mol. The Bertz CT molecular complexity index is 673. The number of hydrogen-bond acceptors (Lipinski definition) is 2. The molecule has 1 aliphatic heterocycles. The number of halogens is 1. The molecule has 0 unspecified atom stereocenters. The maximum Gasteiger partial charge on any atom is 0.228 e. The standard InChI is InChI=1S/C17H16FNOS/c1-12-9-17(20)19(11-13-5-4-6-14(18)10-13)15-7-2-3-8-16(15)21-12/h2-8,10,12H,9,11H2,1H3/t12-/m1/s1. The fourth-order valence-corrected chi connectivity index (χ4v) is 3.64. The molecule has 0 bridgehead atoms. The monoisotopic (exact) mass is 301 g/mol. The highest BCUT2D eigenvalue weighted by atomic mass is 32.2. The Hall–Kier alpha value is -1.81. The van der Waals surface area contributed by atoms with E-state index in [1.54, 1.807) is 22.7 Å². The Balaban J connectivity index is 1.97. The SMILES string of the molecule is C[C@@H]1CC(=O)N(Cc2cccc(F)c2)c2ccccc2S1. The minimum Gasteiger partial charge on any atom is -0.307 e. The Morgan fingerprint density at radius 3 is 2.86 bits per heavy atom. The summed E-state index contributed by atoms with van der Waals surface area (Å²) in [7, 11) is 0. The van der Waals surface area contributed by atoms with Crippen LogP contribution in [0.4, 0.5) is 10.1 Å². The Morgan fingerprint density at radius 1 is 1.24 bits per heavy atom. The average Bonchev–Trinajstić information content (AvgIpc) is 2.56. The van der Waals surface area contributed by atoms with Crippen LogP contribution >= 0.6 is 11.8 Å². The number of carbonyl (C=O) groups is 1. The van der Waals surface area contributed by atoms with E-state index in [1.807, 2.05) is 30.3 Å². The van der Waals surface area contributed by atoms with Crippen LogP contribution in [0.3, 0.4) is 0 Å². The lowest BCUT2D eigenvalue weighted by Crippen LogP contribution is -2.30. The van der Waals surface area contributed by atoms with E-state index in [4.69, 9.17) is 0 Å². The van der Waals surface area contributed by atoms with Gasteiger partial charge < -0.3 is 4.90 Å². The maximum absolute atomic E-state index is 13.3. The van der Waals surface area contributed by atoms with E-state index >= 15 is 0 Å². The van der Waals surface area contributed by atoms with Crippen molar-refractivity contribution in [2.45, 2.75) is 30.0 Å². The molecule has 2 aromatic rings. The van der Waals surface area contributed by atoms with Crippen molar-refractivity contribution in [2.75, 3.05) is 4.90 Å². The zero-order valence-electron chi connectivity index (χ0n) is 11.8. The van der Waals surface area contributed by atoms with Crippen molar-refractivity contribution < 1.29 is 9.18 Å². The van der Waals surface area contributed by atoms with Crippen molar-refractivity contribution in [3.8, 4) is 0 Å². The molecule has 2 aromatic carbocycles. The van der Waals surface area contributed by atoms with E-state index in [0.29, 0.717) is 13.0 Å². The Labute approximate surface area is 128 Å². The lowest BCUT2D eigenvalue weighted by molar-refractivity contribution is -0.118. The van der Waals surface area contributed by atoms with Crippen LogP contribution in [0.1, 0.15) is 18.9 Å². The smallest absolute Gasteiger partial charge is 0.228 e. The summed E-state index contributed by atoms with van der Waals surface area (Å²) in [5.41, 5.74) is 1.72. The number of anilines is 1. The van der Waals surface area contributed by atoms with Crippen molar-refractivity contribution in [1.82, 2.24) is 0 Å². The van der Waals surface area contributed by atoms with Crippen LogP contribution in [0, 0.1) is 5.82 Å². The largest absolute Gasteiger partial charge is 0.307 e. The molecule has 108 valence electrons. The summed E-state index contributed by atoms with van der Waals surface area (Å²) in [5, 5.41) is 0.246. The van der Waals surface area contributed by atoms with Gasteiger partial charge in [0.25, 0.3) is 0 Å². The predicted molar refractivity (Wildman–Crippen MR) is 84.0 cm³/mol. The van der Waals surface area contributed by atoms with Crippen molar-refractivity contribution >= 4 is 23.4 Å². The molecule has 0 N–H and O–H groups in total. The first kappa shape index (κ1) is 14.1. The van der Waals surface area contributed by atoms with E-state index in [1.165, 1.54) is 12.1 Å². The zero-order chi connectivity index (χ0) is 14.8. The minimum atomic E-state index is -0.272. The number of amides is 1. The number of thioether (sulfide) groups is 1. The van der Waals surface area contributed by atoms with Crippen molar-refractivity contribution in [3.05, 3.63) is 59.9 Å². The average molecular weight is 301 g/mol. The molecule has 0 aliphatic carbocycles. The second-order valence-corrected chi connectivity index (χ2v) is 6.69. The summed E-state index contributed by atoms with van der Waals surface area (Å²) in [6.45, 7) is 2.46. The van der Waals surface area contributed by atoms with Crippen molar-refractivity contribution in [3.63, 3.8) is 0 Å². The molecule has 3 rings (SSSR count). The molecule has 21 heavy (non-hydrogen) atoms. The van der Waals surface area contributed by atoms with E-state index < -0.39 is 0 Å². The number of benzene rings is 2. The first-order valence-corrected chi connectivity index (χ1v) is 7.82. The van der Waals surface area contributed by atoms with Gasteiger partial charge in [0.2, 0.25) is 5.91 Å². The van der Waals surface area contributed by atoms with E-state index in [2.05, 4.69) is 6.92 Å². The van der Waals surface area contributed by atoms with Crippen LogP contribution in [-0.4, -0.2) is 11.2 Å². The minimum absolute atomic E-state index is 0.0872. The summed E-state index contributed by atoms with van der Waals surface area (Å²) in [6, 6.07) is 14.3. The second kappa shape index (κ2) is 5.90. The van der Waals surface area contributed by atoms with E-state index in [-0.39, 0.29) is 17.0 Å². The summed E-state index contributed by atoms with van der Waals surface area (Å²) in [5.74, 6) is -0.185. The zero-order valence-corrected chi connectivity index (χ0v) is 12.6. The summed E-state index contributed by atoms with van der Waals surface area (Å²) in [4.78, 5) is 15.4. The summed E-state index contributed by atoms with van der Waals surface area (Å²) >= 11 is 1.72. The number of fused-ring (bicyclic) bond motifs is 1. The van der Waals surface area contributed by atoms with Gasteiger partial charge >= 0.3 is 0 Å². The normalized spacial score (nSPS) is 18.3. The van der Waals surface area contributed by atoms with Gasteiger partial charge in [-0.05, 0) is 29.8 Å². The van der Waals surface area contributed by atoms with E-state index in [0.717, 1.165) is 16.1 Å². The van der Waals surface area contributed by atoms with Crippen molar-refractivity contribution in [1.29, 1.82) is 0 Å². The van der Waals surface area contributed by atoms with Crippen LogP contribution in [0.15, 0.2) is 53.4 Å². The highest BCUT2D eigenvalue weighted by Gasteiger charge is 2.26. The molecule has 0 saturated carbocycles. The molecule has 1 amide bonds. The highest BCUT2D eigenvalue weighted by molar-refractivity contribution is 8.00. The molecule has 0 spiro atoms. The predicted octanol–water partition coefficient (Wildman–Crippen LogP) is 4.24. The number of hydrogen-bond donors (Lipinski definition) is 0. The fraction of sp³-hybridized carbons (Fsp3) is 0.235. The molecule has 0 saturated heterocycles. The van der Waals surface area contributed by atoms with Crippen LogP contribution in [0.2, 0.25) is 0 Å². The van der Waals surface area contributed by atoms with Gasteiger partial charge in [-0.2, -0.15) is 0 Å². The van der Waals surface area contributed by atoms with Crippen LogP contribution in [0.5, 0.6) is 0 Å². The Morgan fingerprint density at radius 2 is 2.05 bits per heavy atom. The number of nitrogens with zero attached hydrogens (tertiary/aromatic N) is 1. The van der Waals surface area contributed by atoms with Crippen molar-refractivity contribution in [2.24, 2.45) is 0 Å². The van der Waals surface area contributed by atoms with Gasteiger partial charge in [0.1, 0.15) is 5.82 Å². The van der Waals surface area contributed by atoms with Gasteiger partial charge in [0.15, 0.2) is 0 Å². The Kier molecular flexibility index (Phi) is 3.97. The molecule has 1 atom stereocenters. The van der Waals surface area contributed by atoms with Gasteiger partial charge in [0, 0.05) is 16.6 Å². The lowest BCUT2D eigenvalue weighted by atomic mass is 10.1. The third-order valence-electron chi connectivity index (χ3n) is 3.48. The van der Waals surface area contributed by atoms with E-state index in [9.17, 15) is 9.18 Å². The quantitative estimate of drug-likeness (QED) is 0.827. The number of rotatable bonds is 2. The topological polar surface area (TPSA) is 20.3 Å². The third kappa shape index (κ3) is 3.10. The molecule has 2 nitrogen and oxygen atoms in total. The summed E-state index contributed by atoms with van der Waals surface area (Å²) < 4.78 is 13.3. The molecular formula is C17H16FNOS. The number of para-hydroxylation sites is 1. The van der Waals surface area contributed by atoms with Crippen LogP contribution < -0.4 is 4.90 Å². The molecule has 0 fully saturated rings. The molecule has 0 radical (unpaired) electrons. The van der Waals surface area contributed by atoms with Gasteiger partial charge in [0.05, 0.1) is 12.2 Å². The van der Waals surface area contributed by atoms with Gasteiger partial charge in [-0.3, -0.25) is 4.79 Å². The highest BCUT2D eigenvalue weighted by Crippen LogP contribution is 2.38. The maximum atomic E-state index is 13.3. The fourth-order valence-electron chi connectivity index (χ4n) is 2.52. The van der Waals surface area contributed by atoms with Gasteiger partial charge in [-0.15, -0.1) is 11.8 Å². The van der Waals surface area contributed by atoms with Crippen LogP contribution in [0.25, 0.3) is 0 Å². The molecule has 4 heteroatoms. The van der Waals surface area contributed by atoms with Crippen LogP contribution in [-0.2, 0) is 11.3 Å². The van der Waals surface area contributed by atoms with Gasteiger partial charge in [-0.1, -0.05) is 31.2 Å². The first-order chi connectivity index (χ1) is 10.1. The molecule has 1 heterocycles. The lowest BCUT2D eigenvalue weighted by Gasteiger charge is -2.22. The third-order valence-corrected chi connectivity index (χ3v) is 4.65. The molecule has 0 aromatic heterocycles. The molecule has 1 aliphatic rings. The number of carbonyl (C=O) groups excluding carboxylic acids is 1. The summed E-state index contributed by atoms with van der Waals surface area (Å²) in [6.07, 6.45) is 0.495. The second-order valence-electron chi connectivity index (χ2n) is 5.21. The van der Waals surface area contributed by atoms with Gasteiger partial charge in [-0.25, -0.2) is 4.39 Å².